The van der Waals surface area contributed by atoms with Gasteiger partial charge in [-0.2, -0.15) is 33.5 Å². The number of furan rings is 1. The van der Waals surface area contributed by atoms with Crippen LogP contribution in [0.25, 0.3) is 0 Å². The first-order chi connectivity index (χ1) is 39.7. The molecule has 0 radical (unpaired) electrons. The highest BCUT2D eigenvalue weighted by Crippen LogP contribution is 2.29. The third kappa shape index (κ3) is 39.6. The second-order valence-corrected chi connectivity index (χ2v) is 24.8. The van der Waals surface area contributed by atoms with Crippen molar-refractivity contribution in [3.05, 3.63) is 204 Å². The van der Waals surface area contributed by atoms with Gasteiger partial charge in [0, 0.05) is 113 Å². The number of thiophene rings is 1. The molecule has 0 amide bonds. The van der Waals surface area contributed by atoms with Crippen molar-refractivity contribution < 1.29 is 26.6 Å². The summed E-state index contributed by atoms with van der Waals surface area (Å²) < 4.78 is 56.3. The number of aryl methyl sites for hydroxylation is 15. The largest absolute Gasteiger partial charge is 0.470 e. The van der Waals surface area contributed by atoms with E-state index >= 15 is 0 Å². The van der Waals surface area contributed by atoms with Crippen LogP contribution >= 0.6 is 115 Å². The average molecular weight is 1350 g/mol. The molecule has 30 heteroatoms. The normalized spacial score (nSPS) is 9.60. The maximum Gasteiger partial charge on any atom is 0.434 e. The van der Waals surface area contributed by atoms with Crippen molar-refractivity contribution in [2.24, 2.45) is 21.1 Å². The number of halogens is 6. The standard InChI is InChI=1S/C5H7ClN2.C5H4F3NS.2C5H8N2.C5H7NS2.C5H6O.C5H6S.C4H4ClNO.C4H4ClNS.2C4H5NS.C3H4N2O/c1-4-3-5(6)7-8(4)2;1-3-9-4(2-10-3)5(6,7)8;1-5-3-4-7(2)6-5;1-5-3-4-6-7(5)2;1-4-3-8-5(6-4)7-2;2*1-5-3-2-4-6-5;1-3-2-4(5)6-7-3;1-3-2-6-4(5)7-3;1-4-2-6-3-5-4;1-4-5-2-3-6-4;1-3-4-2-5-6-3/h3H,1-2H3;2H,1H3;2*3-4H,1-2H3;3H,1-2H3;2*2-4H,1H3;2*2H,1H3;2*2-3H,1H3;2H,1H3. The van der Waals surface area contributed by atoms with Crippen molar-refractivity contribution in [2.45, 2.75) is 93.6 Å². The first-order valence-electron chi connectivity index (χ1n) is 24.3. The Kier molecular flexibility index (Phi) is 39.6. The first kappa shape index (κ1) is 76.1. The molecule has 0 fully saturated rings. The summed E-state index contributed by atoms with van der Waals surface area (Å²) in [4.78, 5) is 25.3. The van der Waals surface area contributed by atoms with E-state index in [4.69, 9.17) is 39.2 Å². The molecule has 17 nitrogen and oxygen atoms in total. The Balaban J connectivity index is 0.000000459. The van der Waals surface area contributed by atoms with Crippen LogP contribution < -0.4 is 0 Å². The molecular formula is C54H68Cl3F3N14O3S7. The van der Waals surface area contributed by atoms with Gasteiger partial charge in [-0.25, -0.2) is 15.0 Å². The Morgan fingerprint density at radius 2 is 1.36 bits per heavy atom. The molecule has 456 valence electrons. The Morgan fingerprint density at radius 1 is 0.619 bits per heavy atom. The molecule has 0 aliphatic heterocycles. The molecule has 12 rings (SSSR count). The SMILES string of the molecule is CSc1nc(C)cs1.Cc1cc(Cl)nn1C.Cc1cc(Cl)no1.Cc1ccco1.Cc1cccs1.Cc1ccn(C)n1.Cc1ccnn1C.Cc1cnc(Cl)s1.Cc1cscn1.Cc1nc(C(F)(F)F)cs1.Cc1nccs1.Cc1ncno1. The monoisotopic (exact) mass is 1350 g/mol. The zero-order valence-electron chi connectivity index (χ0n) is 49.2. The van der Waals surface area contributed by atoms with Crippen LogP contribution in [-0.4, -0.2) is 75.8 Å². The van der Waals surface area contributed by atoms with Crippen LogP contribution in [0, 0.1) is 83.1 Å². The van der Waals surface area contributed by atoms with E-state index in [9.17, 15) is 13.2 Å². The summed E-state index contributed by atoms with van der Waals surface area (Å²) >= 11 is 27.3. The van der Waals surface area contributed by atoms with Gasteiger partial charge in [-0.05, 0) is 124 Å². The van der Waals surface area contributed by atoms with Crippen LogP contribution in [0.2, 0.25) is 14.8 Å². The molecule has 0 saturated heterocycles. The second-order valence-electron chi connectivity index (χ2n) is 16.2. The summed E-state index contributed by atoms with van der Waals surface area (Å²) in [5.41, 5.74) is 6.61. The average Bonchev–Trinajstić information content (AvgIpc) is 4.29. The molecule has 0 aromatic carbocycles. The molecule has 0 N–H and O–H groups in total. The van der Waals surface area contributed by atoms with E-state index in [2.05, 4.69) is 94.4 Å². The van der Waals surface area contributed by atoms with Gasteiger partial charge in [0.2, 0.25) is 5.89 Å². The molecule has 12 heterocycles. The fourth-order valence-corrected chi connectivity index (χ4v) is 9.36. The molecule has 12 aromatic heterocycles. The summed E-state index contributed by atoms with van der Waals surface area (Å²) in [5, 5.41) is 30.3. The number of thioether (sulfide) groups is 1. The van der Waals surface area contributed by atoms with E-state index in [-0.39, 0.29) is 0 Å². The highest BCUT2D eigenvalue weighted by atomic mass is 35.5. The van der Waals surface area contributed by atoms with Gasteiger partial charge in [0.05, 0.1) is 27.5 Å². The van der Waals surface area contributed by atoms with Crippen molar-refractivity contribution in [3.8, 4) is 0 Å². The van der Waals surface area contributed by atoms with E-state index in [0.29, 0.717) is 25.7 Å². The third-order valence-electron chi connectivity index (χ3n) is 8.78. The van der Waals surface area contributed by atoms with Gasteiger partial charge in [0.15, 0.2) is 26.8 Å². The van der Waals surface area contributed by atoms with Gasteiger partial charge in [-0.3, -0.25) is 24.0 Å². The van der Waals surface area contributed by atoms with Crippen molar-refractivity contribution >= 4 is 115 Å². The van der Waals surface area contributed by atoms with Crippen molar-refractivity contribution in [1.29, 1.82) is 0 Å². The van der Waals surface area contributed by atoms with E-state index in [1.165, 1.54) is 28.2 Å². The lowest BCUT2D eigenvalue weighted by atomic mass is 10.5. The Morgan fingerprint density at radius 3 is 1.52 bits per heavy atom. The maximum atomic E-state index is 11.7. The van der Waals surface area contributed by atoms with Gasteiger partial charge in [0.1, 0.15) is 15.9 Å². The number of alkyl halides is 3. The minimum atomic E-state index is -4.29. The molecule has 84 heavy (non-hydrogen) atoms. The summed E-state index contributed by atoms with van der Waals surface area (Å²) in [6.07, 6.45) is 8.06. The van der Waals surface area contributed by atoms with Gasteiger partial charge in [-0.1, -0.05) is 62.9 Å². The summed E-state index contributed by atoms with van der Waals surface area (Å²) in [7, 11) is 5.70. The van der Waals surface area contributed by atoms with Gasteiger partial charge < -0.3 is 13.5 Å². The molecule has 0 bridgehead atoms. The minimum Gasteiger partial charge on any atom is -0.470 e. The van der Waals surface area contributed by atoms with E-state index in [1.807, 2.05) is 140 Å². The predicted molar refractivity (Wildman–Crippen MR) is 343 cm³/mol. The van der Waals surface area contributed by atoms with Crippen LogP contribution in [0.1, 0.15) is 71.3 Å². The Hall–Kier alpha value is -5.88. The number of thiazole rings is 5. The lowest BCUT2D eigenvalue weighted by Crippen LogP contribution is -2.04. The minimum absolute atomic E-state index is 0.414. The fraction of sp³-hybridized carbons (Fsp3) is 0.315. The summed E-state index contributed by atoms with van der Waals surface area (Å²) in [5.74, 6) is 2.31. The summed E-state index contributed by atoms with van der Waals surface area (Å²) in [6.45, 7) is 23.0. The van der Waals surface area contributed by atoms with Gasteiger partial charge in [0.25, 0.3) is 0 Å². The van der Waals surface area contributed by atoms with Crippen LogP contribution in [0.4, 0.5) is 13.2 Å². The van der Waals surface area contributed by atoms with Crippen molar-refractivity contribution in [2.75, 3.05) is 6.26 Å². The second kappa shape index (κ2) is 43.7. The molecule has 12 aromatic rings. The first-order valence-corrected chi connectivity index (χ1v) is 31.9. The number of nitrogens with zero attached hydrogens (tertiary/aromatic N) is 14. The molecule has 0 spiro atoms. The molecule has 0 atom stereocenters. The molecule has 0 saturated carbocycles. The zero-order chi connectivity index (χ0) is 63.0. The van der Waals surface area contributed by atoms with Crippen LogP contribution in [0.15, 0.2) is 136 Å². The van der Waals surface area contributed by atoms with E-state index in [0.717, 1.165) is 65.2 Å². The van der Waals surface area contributed by atoms with Gasteiger partial charge >= 0.3 is 6.18 Å². The Bertz CT molecular complexity index is 3040. The number of hydrogen-bond donors (Lipinski definition) is 0. The highest BCUT2D eigenvalue weighted by Gasteiger charge is 2.33. The van der Waals surface area contributed by atoms with E-state index < -0.39 is 11.9 Å². The van der Waals surface area contributed by atoms with Crippen molar-refractivity contribution in [3.63, 3.8) is 0 Å². The highest BCUT2D eigenvalue weighted by molar-refractivity contribution is 8.00. The Labute approximate surface area is 532 Å². The maximum absolute atomic E-state index is 11.7. The van der Waals surface area contributed by atoms with Crippen LogP contribution in [0.5, 0.6) is 0 Å². The number of aromatic nitrogens is 14. The van der Waals surface area contributed by atoms with Gasteiger partial charge in [-0.15, -0.1) is 68.0 Å². The van der Waals surface area contributed by atoms with E-state index in [1.54, 1.807) is 118 Å². The molecular weight excluding hydrogens is 1280 g/mol. The predicted octanol–water partition coefficient (Wildman–Crippen LogP) is 18.1. The molecule has 0 unspecified atom stereocenters. The fourth-order valence-electron chi connectivity index (χ4n) is 4.59. The summed E-state index contributed by atoms with van der Waals surface area (Å²) in [6, 6.07) is 15.4. The number of rotatable bonds is 1. The lowest BCUT2D eigenvalue weighted by Gasteiger charge is -1.98. The number of hydrogen-bond acceptors (Lipinski definition) is 21. The molecule has 0 aliphatic rings. The van der Waals surface area contributed by atoms with Crippen LogP contribution in [-0.2, 0) is 27.3 Å². The quantitative estimate of drug-likeness (QED) is 0.141. The third-order valence-corrected chi connectivity index (χ3v) is 15.1. The molecule has 0 aliphatic carbocycles. The van der Waals surface area contributed by atoms with Crippen molar-refractivity contribution in [1.82, 2.24) is 69.6 Å². The zero-order valence-corrected chi connectivity index (χ0v) is 57.1. The smallest absolute Gasteiger partial charge is 0.434 e. The lowest BCUT2D eigenvalue weighted by molar-refractivity contribution is -0.140. The topological polar surface area (TPSA) is 196 Å². The van der Waals surface area contributed by atoms with Crippen LogP contribution in [0.3, 0.4) is 0 Å².